The molecule has 1 rings (SSSR count). The predicted molar refractivity (Wildman–Crippen MR) is 73.7 cm³/mol. The number of aliphatic hydroxyl groups is 1. The number of benzene rings is 1. The highest BCUT2D eigenvalue weighted by Gasteiger charge is 2.25. The second-order valence-corrected chi connectivity index (χ2v) is 4.88. The molecule has 0 unspecified atom stereocenters. The zero-order valence-electron chi connectivity index (χ0n) is 11.9. The van der Waals surface area contributed by atoms with Crippen molar-refractivity contribution < 1.29 is 14.6 Å². The van der Waals surface area contributed by atoms with Crippen LogP contribution in [0, 0.1) is 0 Å². The van der Waals surface area contributed by atoms with Crippen LogP contribution in [0.4, 0.5) is 5.69 Å². The molecule has 0 fully saturated rings. The molecule has 0 saturated carbocycles. The molecule has 0 radical (unpaired) electrons. The molecular formula is C14H23NO3. The first kappa shape index (κ1) is 14.6. The smallest absolute Gasteiger partial charge is 0.142 e. The Morgan fingerprint density at radius 2 is 1.89 bits per heavy atom. The second-order valence-electron chi connectivity index (χ2n) is 4.88. The zero-order valence-corrected chi connectivity index (χ0v) is 11.9. The van der Waals surface area contributed by atoms with E-state index in [9.17, 15) is 0 Å². The number of hydrogen-bond donors (Lipinski definition) is 1. The van der Waals surface area contributed by atoms with Crippen molar-refractivity contribution in [3.63, 3.8) is 0 Å². The summed E-state index contributed by atoms with van der Waals surface area (Å²) in [7, 11) is 5.29. The number of methoxy groups -OCH3 is 2. The number of aliphatic hydroxyl groups excluding tert-OH is 1. The summed E-state index contributed by atoms with van der Waals surface area (Å²) in [6.07, 6.45) is 0.684. The molecule has 0 saturated heterocycles. The van der Waals surface area contributed by atoms with E-state index < -0.39 is 0 Å². The maximum absolute atomic E-state index is 9.14. The van der Waals surface area contributed by atoms with Gasteiger partial charge in [-0.1, -0.05) is 0 Å². The van der Waals surface area contributed by atoms with E-state index in [0.29, 0.717) is 6.42 Å². The molecule has 4 heteroatoms. The van der Waals surface area contributed by atoms with E-state index >= 15 is 0 Å². The molecule has 4 nitrogen and oxygen atoms in total. The number of rotatable bonds is 6. The van der Waals surface area contributed by atoms with Gasteiger partial charge in [0.2, 0.25) is 0 Å². The minimum absolute atomic E-state index is 0.156. The fourth-order valence-corrected chi connectivity index (χ4v) is 1.83. The van der Waals surface area contributed by atoms with E-state index in [2.05, 4.69) is 18.7 Å². The molecule has 0 aromatic heterocycles. The van der Waals surface area contributed by atoms with Crippen LogP contribution in [-0.4, -0.2) is 38.5 Å². The first-order chi connectivity index (χ1) is 8.46. The van der Waals surface area contributed by atoms with Gasteiger partial charge in [-0.25, -0.2) is 0 Å². The van der Waals surface area contributed by atoms with Gasteiger partial charge in [-0.3, -0.25) is 0 Å². The van der Waals surface area contributed by atoms with Gasteiger partial charge in [-0.2, -0.15) is 0 Å². The van der Waals surface area contributed by atoms with Crippen molar-refractivity contribution in [3.05, 3.63) is 18.2 Å². The molecule has 1 aromatic carbocycles. The van der Waals surface area contributed by atoms with Crippen LogP contribution in [0.5, 0.6) is 11.5 Å². The van der Waals surface area contributed by atoms with Gasteiger partial charge in [0.1, 0.15) is 11.5 Å². The highest BCUT2D eigenvalue weighted by molar-refractivity contribution is 5.62. The molecule has 102 valence electrons. The molecule has 0 aliphatic carbocycles. The van der Waals surface area contributed by atoms with Gasteiger partial charge < -0.3 is 19.5 Å². The number of nitrogens with zero attached hydrogens (tertiary/aromatic N) is 1. The summed E-state index contributed by atoms with van der Waals surface area (Å²) < 4.78 is 10.6. The summed E-state index contributed by atoms with van der Waals surface area (Å²) >= 11 is 0. The molecule has 0 heterocycles. The van der Waals surface area contributed by atoms with E-state index in [1.807, 2.05) is 25.2 Å². The molecular weight excluding hydrogens is 230 g/mol. The summed E-state index contributed by atoms with van der Waals surface area (Å²) in [6.45, 7) is 4.33. The Hall–Kier alpha value is -1.42. The third-order valence-electron chi connectivity index (χ3n) is 3.38. The first-order valence-electron chi connectivity index (χ1n) is 6.03. The number of anilines is 1. The lowest BCUT2D eigenvalue weighted by molar-refractivity contribution is 0.250. The minimum atomic E-state index is -0.158. The molecule has 18 heavy (non-hydrogen) atoms. The predicted octanol–water partition coefficient (Wildman–Crippen LogP) is 2.30. The topological polar surface area (TPSA) is 41.9 Å². The standard InChI is InChI=1S/C14H23NO3/c1-14(2,8-9-16)15(3)12-10-11(17-4)6-7-13(12)18-5/h6-7,10,16H,8-9H2,1-5H3. The SMILES string of the molecule is COc1ccc(OC)c(N(C)C(C)(C)CCO)c1. The average Bonchev–Trinajstić information content (AvgIpc) is 2.37. The van der Waals surface area contributed by atoms with E-state index in [0.717, 1.165) is 17.2 Å². The van der Waals surface area contributed by atoms with Crippen molar-refractivity contribution in [3.8, 4) is 11.5 Å². The van der Waals surface area contributed by atoms with E-state index in [1.165, 1.54) is 0 Å². The molecule has 0 aliphatic heterocycles. The van der Waals surface area contributed by atoms with Crippen molar-refractivity contribution in [2.24, 2.45) is 0 Å². The number of hydrogen-bond acceptors (Lipinski definition) is 4. The maximum atomic E-state index is 9.14. The molecule has 1 aromatic rings. The molecule has 0 amide bonds. The lowest BCUT2D eigenvalue weighted by atomic mass is 9.98. The summed E-state index contributed by atoms with van der Waals surface area (Å²) in [5.41, 5.74) is 0.796. The minimum Gasteiger partial charge on any atom is -0.497 e. The van der Waals surface area contributed by atoms with Crippen molar-refractivity contribution in [2.75, 3.05) is 32.8 Å². The third kappa shape index (κ3) is 3.07. The first-order valence-corrected chi connectivity index (χ1v) is 6.03. The molecule has 0 aliphatic rings. The summed E-state index contributed by atoms with van der Waals surface area (Å²) in [5.74, 6) is 1.58. The second kappa shape index (κ2) is 5.96. The Bertz CT molecular complexity index is 391. The van der Waals surface area contributed by atoms with Crippen LogP contribution in [0.3, 0.4) is 0 Å². The largest absolute Gasteiger partial charge is 0.497 e. The summed E-state index contributed by atoms with van der Waals surface area (Å²) in [5, 5.41) is 9.14. The molecule has 0 atom stereocenters. The van der Waals surface area contributed by atoms with Crippen molar-refractivity contribution >= 4 is 5.69 Å². The molecule has 0 bridgehead atoms. The lowest BCUT2D eigenvalue weighted by Gasteiger charge is -2.38. The monoisotopic (exact) mass is 253 g/mol. The Kier molecular flexibility index (Phi) is 4.84. The Balaban J connectivity index is 3.13. The van der Waals surface area contributed by atoms with Crippen LogP contribution in [0.25, 0.3) is 0 Å². The van der Waals surface area contributed by atoms with Gasteiger partial charge in [0.15, 0.2) is 0 Å². The van der Waals surface area contributed by atoms with Crippen LogP contribution in [0.2, 0.25) is 0 Å². The van der Waals surface area contributed by atoms with E-state index in [1.54, 1.807) is 14.2 Å². The van der Waals surface area contributed by atoms with Crippen LogP contribution in [0.1, 0.15) is 20.3 Å². The maximum Gasteiger partial charge on any atom is 0.142 e. The van der Waals surface area contributed by atoms with E-state index in [-0.39, 0.29) is 12.1 Å². The van der Waals surface area contributed by atoms with E-state index in [4.69, 9.17) is 14.6 Å². The molecule has 1 N–H and O–H groups in total. The summed E-state index contributed by atoms with van der Waals surface area (Å²) in [6, 6.07) is 5.70. The van der Waals surface area contributed by atoms with Crippen LogP contribution >= 0.6 is 0 Å². The fraction of sp³-hybridized carbons (Fsp3) is 0.571. The average molecular weight is 253 g/mol. The highest BCUT2D eigenvalue weighted by atomic mass is 16.5. The normalized spacial score (nSPS) is 11.2. The van der Waals surface area contributed by atoms with Crippen molar-refractivity contribution in [2.45, 2.75) is 25.8 Å². The van der Waals surface area contributed by atoms with Gasteiger partial charge in [0.05, 0.1) is 19.9 Å². The third-order valence-corrected chi connectivity index (χ3v) is 3.38. The van der Waals surface area contributed by atoms with Crippen molar-refractivity contribution in [1.29, 1.82) is 0 Å². The summed E-state index contributed by atoms with van der Waals surface area (Å²) in [4.78, 5) is 2.10. The van der Waals surface area contributed by atoms with Gasteiger partial charge in [0.25, 0.3) is 0 Å². The number of ether oxygens (including phenoxy) is 2. The van der Waals surface area contributed by atoms with Crippen LogP contribution in [0.15, 0.2) is 18.2 Å². The van der Waals surface area contributed by atoms with Crippen molar-refractivity contribution in [1.82, 2.24) is 0 Å². The van der Waals surface area contributed by atoms with Gasteiger partial charge in [0, 0.05) is 25.3 Å². The fourth-order valence-electron chi connectivity index (χ4n) is 1.83. The van der Waals surface area contributed by atoms with Gasteiger partial charge in [-0.05, 0) is 32.4 Å². The Morgan fingerprint density at radius 1 is 1.22 bits per heavy atom. The highest BCUT2D eigenvalue weighted by Crippen LogP contribution is 2.35. The van der Waals surface area contributed by atoms with Crippen LogP contribution in [-0.2, 0) is 0 Å². The quantitative estimate of drug-likeness (QED) is 0.844. The molecule has 0 spiro atoms. The van der Waals surface area contributed by atoms with Gasteiger partial charge in [-0.15, -0.1) is 0 Å². The van der Waals surface area contributed by atoms with Gasteiger partial charge >= 0.3 is 0 Å². The Morgan fingerprint density at radius 3 is 2.39 bits per heavy atom. The van der Waals surface area contributed by atoms with Crippen LogP contribution < -0.4 is 14.4 Å². The zero-order chi connectivity index (χ0) is 13.8. The Labute approximate surface area is 109 Å². The lowest BCUT2D eigenvalue weighted by Crippen LogP contribution is -2.42.